The molecule has 0 radical (unpaired) electrons. The molecule has 172 valence electrons. The Labute approximate surface area is 211 Å². The average Bonchev–Trinajstić information content (AvgIpc) is 3.48. The molecule has 1 aliphatic rings. The Morgan fingerprint density at radius 3 is 2.78 bits per heavy atom. The Hall–Kier alpha value is -1.98. The van der Waals surface area contributed by atoms with Gasteiger partial charge in [-0.25, -0.2) is 4.99 Å². The number of halogens is 1. The third-order valence-corrected chi connectivity index (χ3v) is 6.69. The summed E-state index contributed by atoms with van der Waals surface area (Å²) in [6.45, 7) is 5.41. The van der Waals surface area contributed by atoms with Gasteiger partial charge in [-0.2, -0.15) is 0 Å². The summed E-state index contributed by atoms with van der Waals surface area (Å²) in [7, 11) is 2.24. The third-order valence-electron chi connectivity index (χ3n) is 5.75. The van der Waals surface area contributed by atoms with Crippen molar-refractivity contribution in [1.29, 1.82) is 0 Å². The van der Waals surface area contributed by atoms with E-state index >= 15 is 0 Å². The van der Waals surface area contributed by atoms with Crippen LogP contribution in [0.4, 0.5) is 0 Å². The highest BCUT2D eigenvalue weighted by Gasteiger charge is 2.31. The molecule has 2 unspecified atom stereocenters. The number of guanidine groups is 1. The minimum atomic E-state index is 0. The van der Waals surface area contributed by atoms with E-state index in [9.17, 15) is 0 Å². The van der Waals surface area contributed by atoms with Crippen LogP contribution in [0.5, 0.6) is 0 Å². The lowest BCUT2D eigenvalue weighted by Gasteiger charge is -2.39. The van der Waals surface area contributed by atoms with Gasteiger partial charge in [-0.1, -0.05) is 24.3 Å². The fourth-order valence-electron chi connectivity index (χ4n) is 4.27. The first-order chi connectivity index (χ1) is 15.3. The van der Waals surface area contributed by atoms with Crippen LogP contribution in [0.2, 0.25) is 0 Å². The van der Waals surface area contributed by atoms with E-state index in [2.05, 4.69) is 57.2 Å². The van der Waals surface area contributed by atoms with Gasteiger partial charge in [-0.15, -0.1) is 45.5 Å². The molecule has 0 amide bonds. The summed E-state index contributed by atoms with van der Waals surface area (Å²) in [6, 6.07) is 15.0. The molecule has 7 nitrogen and oxygen atoms in total. The lowest BCUT2D eigenvalue weighted by Crippen LogP contribution is -2.44. The van der Waals surface area contributed by atoms with Crippen molar-refractivity contribution in [2.24, 2.45) is 10.9 Å². The van der Waals surface area contributed by atoms with Gasteiger partial charge in [-0.05, 0) is 62.9 Å². The second kappa shape index (κ2) is 12.3. The second-order valence-electron chi connectivity index (χ2n) is 7.87. The van der Waals surface area contributed by atoms with Gasteiger partial charge in [0.1, 0.15) is 12.9 Å². The highest BCUT2D eigenvalue weighted by Crippen LogP contribution is 2.36. The maximum absolute atomic E-state index is 4.79. The topological polar surface area (TPSA) is 70.4 Å². The fourth-order valence-corrected chi connectivity index (χ4v) is 5.26. The van der Waals surface area contributed by atoms with Gasteiger partial charge in [0.05, 0.1) is 0 Å². The lowest BCUT2D eigenvalue weighted by molar-refractivity contribution is 0.125. The minimum Gasteiger partial charge on any atom is -0.357 e. The molecule has 2 N–H and O–H groups in total. The van der Waals surface area contributed by atoms with E-state index in [0.29, 0.717) is 18.5 Å². The lowest BCUT2D eigenvalue weighted by atomic mass is 9.88. The van der Waals surface area contributed by atoms with Crippen molar-refractivity contribution >= 4 is 41.3 Å². The van der Waals surface area contributed by atoms with Crippen LogP contribution in [0.15, 0.2) is 59.2 Å². The molecule has 0 aliphatic carbocycles. The van der Waals surface area contributed by atoms with Crippen LogP contribution in [0, 0.1) is 5.92 Å². The van der Waals surface area contributed by atoms with E-state index in [0.717, 1.165) is 37.1 Å². The highest BCUT2D eigenvalue weighted by atomic mass is 127. The van der Waals surface area contributed by atoms with Gasteiger partial charge in [0.2, 0.25) is 0 Å². The van der Waals surface area contributed by atoms with Crippen LogP contribution in [-0.4, -0.2) is 52.3 Å². The maximum atomic E-state index is 4.79. The Kier molecular flexibility index (Phi) is 9.49. The van der Waals surface area contributed by atoms with E-state index in [1.807, 2.05) is 46.2 Å². The molecule has 2 atom stereocenters. The number of nitrogens with one attached hydrogen (secondary N) is 2. The Morgan fingerprint density at radius 1 is 1.19 bits per heavy atom. The van der Waals surface area contributed by atoms with Crippen LogP contribution in [0.3, 0.4) is 0 Å². The van der Waals surface area contributed by atoms with Crippen LogP contribution in [0.25, 0.3) is 5.69 Å². The van der Waals surface area contributed by atoms with E-state index in [1.54, 1.807) is 6.33 Å². The molecular weight excluding hydrogens is 533 g/mol. The van der Waals surface area contributed by atoms with Gasteiger partial charge >= 0.3 is 0 Å². The zero-order valence-electron chi connectivity index (χ0n) is 18.6. The first kappa shape index (κ1) is 24.7. The van der Waals surface area contributed by atoms with E-state index < -0.39 is 0 Å². The average molecular weight is 566 g/mol. The third kappa shape index (κ3) is 6.08. The van der Waals surface area contributed by atoms with Gasteiger partial charge < -0.3 is 10.6 Å². The first-order valence-electron chi connectivity index (χ1n) is 11.0. The van der Waals surface area contributed by atoms with E-state index in [1.165, 1.54) is 17.7 Å². The molecule has 1 fully saturated rings. The summed E-state index contributed by atoms with van der Waals surface area (Å²) >= 11 is 1.86. The molecule has 1 saturated heterocycles. The smallest absolute Gasteiger partial charge is 0.191 e. The summed E-state index contributed by atoms with van der Waals surface area (Å²) < 4.78 is 1.98. The normalized spacial score (nSPS) is 19.4. The molecule has 1 aromatic carbocycles. The van der Waals surface area contributed by atoms with Crippen molar-refractivity contribution in [3.8, 4) is 5.69 Å². The molecule has 9 heteroatoms. The number of thiophene rings is 1. The molecule has 4 rings (SSSR count). The summed E-state index contributed by atoms with van der Waals surface area (Å²) in [5.41, 5.74) is 1.04. The first-order valence-corrected chi connectivity index (χ1v) is 11.8. The molecule has 0 bridgehead atoms. The number of likely N-dealkylation sites (tertiary alicyclic amines) is 1. The Bertz CT molecular complexity index is 958. The van der Waals surface area contributed by atoms with Gasteiger partial charge in [0.15, 0.2) is 11.8 Å². The zero-order chi connectivity index (χ0) is 21.5. The number of para-hydroxylation sites is 1. The maximum Gasteiger partial charge on any atom is 0.191 e. The summed E-state index contributed by atoms with van der Waals surface area (Å²) in [4.78, 5) is 8.74. The highest BCUT2D eigenvalue weighted by molar-refractivity contribution is 14.0. The number of nitrogens with zero attached hydrogens (tertiary/aromatic N) is 5. The van der Waals surface area contributed by atoms with Gasteiger partial charge in [0.25, 0.3) is 0 Å². The number of aliphatic imine (C=N–C) groups is 1. The van der Waals surface area contributed by atoms with Gasteiger partial charge in [-0.3, -0.25) is 9.47 Å². The Balaban J connectivity index is 0.00000289. The monoisotopic (exact) mass is 565 g/mol. The molecule has 1 aliphatic heterocycles. The predicted molar refractivity (Wildman–Crippen MR) is 142 cm³/mol. The minimum absolute atomic E-state index is 0. The largest absolute Gasteiger partial charge is 0.357 e. The summed E-state index contributed by atoms with van der Waals surface area (Å²) in [5, 5.41) is 17.5. The van der Waals surface area contributed by atoms with Crippen molar-refractivity contribution in [3.63, 3.8) is 0 Å². The molecular formula is C23H32IN7S. The van der Waals surface area contributed by atoms with Crippen molar-refractivity contribution in [2.45, 2.75) is 32.4 Å². The zero-order valence-corrected chi connectivity index (χ0v) is 21.8. The van der Waals surface area contributed by atoms with Crippen LogP contribution < -0.4 is 10.6 Å². The standard InChI is InChI=1S/C23H31N7S.HI/c1-3-24-23(26-16-21-28-27-17-30(21)19-10-5-4-6-11-19)25-15-18-9-7-13-29(2)22(18)20-12-8-14-31-20;/h4-6,8,10-12,14,17-18,22H,3,7,9,13,15-16H2,1-2H3,(H2,24,25,26);1H. The number of hydrogen-bond donors (Lipinski definition) is 2. The molecule has 0 saturated carbocycles. The van der Waals surface area contributed by atoms with Crippen molar-refractivity contribution in [3.05, 3.63) is 64.9 Å². The van der Waals surface area contributed by atoms with Gasteiger partial charge in [0, 0.05) is 29.7 Å². The van der Waals surface area contributed by atoms with E-state index in [4.69, 9.17) is 4.99 Å². The number of aromatic nitrogens is 3. The molecule has 2 aromatic heterocycles. The molecule has 3 aromatic rings. The Morgan fingerprint density at radius 2 is 2.03 bits per heavy atom. The number of rotatable bonds is 7. The SMILES string of the molecule is CCNC(=NCc1nncn1-c1ccccc1)NCC1CCCN(C)C1c1cccs1.I. The van der Waals surface area contributed by atoms with Crippen molar-refractivity contribution < 1.29 is 0 Å². The van der Waals surface area contributed by atoms with Crippen molar-refractivity contribution in [1.82, 2.24) is 30.3 Å². The summed E-state index contributed by atoms with van der Waals surface area (Å²) in [6.07, 6.45) is 4.20. The van der Waals surface area contributed by atoms with Crippen molar-refractivity contribution in [2.75, 3.05) is 26.7 Å². The van der Waals surface area contributed by atoms with Crippen LogP contribution >= 0.6 is 35.3 Å². The van der Waals surface area contributed by atoms with Crippen LogP contribution in [-0.2, 0) is 6.54 Å². The number of benzene rings is 1. The summed E-state index contributed by atoms with van der Waals surface area (Å²) in [5.74, 6) is 2.19. The molecule has 0 spiro atoms. The quantitative estimate of drug-likeness (QED) is 0.257. The molecule has 32 heavy (non-hydrogen) atoms. The van der Waals surface area contributed by atoms with Crippen LogP contribution in [0.1, 0.15) is 36.5 Å². The number of hydrogen-bond acceptors (Lipinski definition) is 5. The number of piperidine rings is 1. The molecule has 3 heterocycles. The fraction of sp³-hybridized carbons (Fsp3) is 0.435. The van der Waals surface area contributed by atoms with E-state index in [-0.39, 0.29) is 24.0 Å². The predicted octanol–water partition coefficient (Wildman–Crippen LogP) is 4.09. The second-order valence-corrected chi connectivity index (χ2v) is 8.85.